The van der Waals surface area contributed by atoms with E-state index in [9.17, 15) is 20.0 Å². The fraction of sp³-hybridized carbons (Fsp3) is 0.409. The van der Waals surface area contributed by atoms with Crippen LogP contribution in [0, 0.1) is 16.0 Å². The van der Waals surface area contributed by atoms with Gasteiger partial charge in [0.25, 0.3) is 5.69 Å². The number of aryl methyl sites for hydroxylation is 1. The fourth-order valence-corrected chi connectivity index (χ4v) is 4.50. The standard InChI is InChI=1S/C22H25ClN4O4/c1-25-19-4-3-16(10-15(19)2-5-22(25)29)24-18-12-20(21(27(30)31)11-17(18)23)26-8-6-14(13-28)7-9-26/h3-4,10-12,14,24,28H,2,5-9,13H2,1H3. The Morgan fingerprint density at radius 1 is 1.19 bits per heavy atom. The number of aliphatic hydroxyl groups excluding tert-OH is 1. The molecule has 2 aliphatic rings. The van der Waals surface area contributed by atoms with E-state index in [1.165, 1.54) is 6.07 Å². The molecule has 0 aromatic heterocycles. The van der Waals surface area contributed by atoms with Crippen LogP contribution in [0.15, 0.2) is 30.3 Å². The van der Waals surface area contributed by atoms with E-state index in [4.69, 9.17) is 11.6 Å². The van der Waals surface area contributed by atoms with Gasteiger partial charge < -0.3 is 20.2 Å². The Hall–Kier alpha value is -2.84. The average Bonchev–Trinajstić information content (AvgIpc) is 2.77. The van der Waals surface area contributed by atoms with Crippen LogP contribution in [-0.2, 0) is 11.2 Å². The average molecular weight is 445 g/mol. The monoisotopic (exact) mass is 444 g/mol. The molecule has 2 aromatic rings. The van der Waals surface area contributed by atoms with Gasteiger partial charge in [0.15, 0.2) is 0 Å². The van der Waals surface area contributed by atoms with E-state index in [0.717, 1.165) is 29.8 Å². The molecule has 0 aliphatic carbocycles. The summed E-state index contributed by atoms with van der Waals surface area (Å²) in [4.78, 5) is 26.8. The summed E-state index contributed by atoms with van der Waals surface area (Å²) in [7, 11) is 1.77. The van der Waals surface area contributed by atoms with Crippen molar-refractivity contribution in [2.45, 2.75) is 25.7 Å². The second-order valence-corrected chi connectivity index (χ2v) is 8.52. The highest BCUT2D eigenvalue weighted by Crippen LogP contribution is 2.40. The van der Waals surface area contributed by atoms with Crippen molar-refractivity contribution in [3.63, 3.8) is 0 Å². The maximum absolute atomic E-state index is 11.9. The molecule has 2 aliphatic heterocycles. The van der Waals surface area contributed by atoms with Crippen molar-refractivity contribution >= 4 is 45.9 Å². The zero-order chi connectivity index (χ0) is 22.1. The quantitative estimate of drug-likeness (QED) is 0.532. The molecule has 8 nitrogen and oxygen atoms in total. The van der Waals surface area contributed by atoms with Gasteiger partial charge in [-0.2, -0.15) is 0 Å². The topological polar surface area (TPSA) is 99.0 Å². The third kappa shape index (κ3) is 4.31. The summed E-state index contributed by atoms with van der Waals surface area (Å²) in [6.45, 7) is 1.43. The van der Waals surface area contributed by atoms with Gasteiger partial charge in [-0.15, -0.1) is 0 Å². The Balaban J connectivity index is 1.63. The first kappa shape index (κ1) is 21.4. The molecule has 31 heavy (non-hydrogen) atoms. The first-order chi connectivity index (χ1) is 14.9. The number of nitrogens with one attached hydrogen (secondary N) is 1. The summed E-state index contributed by atoms with van der Waals surface area (Å²) in [6, 6.07) is 8.88. The number of hydrogen-bond acceptors (Lipinski definition) is 6. The van der Waals surface area contributed by atoms with Gasteiger partial charge in [-0.05, 0) is 55.0 Å². The van der Waals surface area contributed by atoms with Crippen LogP contribution in [0.1, 0.15) is 24.8 Å². The summed E-state index contributed by atoms with van der Waals surface area (Å²) in [5, 5.41) is 24.6. The number of amides is 1. The van der Waals surface area contributed by atoms with Gasteiger partial charge in [-0.25, -0.2) is 0 Å². The number of carbonyl (C=O) groups is 1. The van der Waals surface area contributed by atoms with Crippen LogP contribution in [-0.4, -0.2) is 42.7 Å². The maximum Gasteiger partial charge on any atom is 0.294 e. The van der Waals surface area contributed by atoms with Crippen molar-refractivity contribution in [3.05, 3.63) is 51.0 Å². The third-order valence-electron chi connectivity index (χ3n) is 6.18. The van der Waals surface area contributed by atoms with Crippen LogP contribution >= 0.6 is 11.6 Å². The van der Waals surface area contributed by atoms with Gasteiger partial charge in [-0.3, -0.25) is 14.9 Å². The summed E-state index contributed by atoms with van der Waals surface area (Å²) in [5.74, 6) is 0.335. The van der Waals surface area contributed by atoms with Crippen molar-refractivity contribution in [2.75, 3.05) is 41.9 Å². The van der Waals surface area contributed by atoms with Crippen LogP contribution in [0.4, 0.5) is 28.4 Å². The van der Waals surface area contributed by atoms with Gasteiger partial charge in [0, 0.05) is 50.6 Å². The van der Waals surface area contributed by atoms with Crippen molar-refractivity contribution < 1.29 is 14.8 Å². The molecule has 0 radical (unpaired) electrons. The first-order valence-electron chi connectivity index (χ1n) is 10.4. The molecule has 9 heteroatoms. The molecule has 1 amide bonds. The highest BCUT2D eigenvalue weighted by Gasteiger charge is 2.27. The number of nitro groups is 1. The van der Waals surface area contributed by atoms with E-state index in [1.54, 1.807) is 18.0 Å². The smallest absolute Gasteiger partial charge is 0.294 e. The second kappa shape index (κ2) is 8.72. The molecule has 2 heterocycles. The zero-order valence-corrected chi connectivity index (χ0v) is 18.1. The minimum absolute atomic E-state index is 0.0245. The Bertz CT molecular complexity index is 1020. The second-order valence-electron chi connectivity index (χ2n) is 8.11. The lowest BCUT2D eigenvalue weighted by atomic mass is 9.97. The number of nitrogens with zero attached hydrogens (tertiary/aromatic N) is 3. The normalized spacial score (nSPS) is 16.9. The number of fused-ring (bicyclic) bond motifs is 1. The van der Waals surface area contributed by atoms with Gasteiger partial charge in [0.2, 0.25) is 5.91 Å². The number of nitro benzene ring substituents is 1. The molecule has 0 atom stereocenters. The molecule has 0 unspecified atom stereocenters. The van der Waals surface area contributed by atoms with Gasteiger partial charge >= 0.3 is 0 Å². The molecule has 0 saturated carbocycles. The van der Waals surface area contributed by atoms with Gasteiger partial charge in [-0.1, -0.05) is 11.6 Å². The lowest BCUT2D eigenvalue weighted by molar-refractivity contribution is -0.384. The number of aliphatic hydroxyl groups is 1. The minimum atomic E-state index is -0.408. The number of piperidine rings is 1. The zero-order valence-electron chi connectivity index (χ0n) is 17.3. The molecule has 2 aromatic carbocycles. The van der Waals surface area contributed by atoms with Crippen LogP contribution < -0.4 is 15.1 Å². The van der Waals surface area contributed by atoms with Crippen molar-refractivity contribution in [1.29, 1.82) is 0 Å². The van der Waals surface area contributed by atoms with Crippen molar-refractivity contribution in [3.8, 4) is 0 Å². The van der Waals surface area contributed by atoms with Crippen molar-refractivity contribution in [1.82, 2.24) is 0 Å². The van der Waals surface area contributed by atoms with Gasteiger partial charge in [0.1, 0.15) is 5.69 Å². The van der Waals surface area contributed by atoms with E-state index in [-0.39, 0.29) is 29.1 Å². The predicted molar refractivity (Wildman–Crippen MR) is 122 cm³/mol. The molecule has 0 spiro atoms. The SMILES string of the molecule is CN1C(=O)CCc2cc(Nc3cc(N4CCC(CO)CC4)c([N+](=O)[O-])cc3Cl)ccc21. The predicted octanol–water partition coefficient (Wildman–Crippen LogP) is 4.11. The number of benzene rings is 2. The lowest BCUT2D eigenvalue weighted by Gasteiger charge is -2.32. The van der Waals surface area contributed by atoms with E-state index >= 15 is 0 Å². The van der Waals surface area contributed by atoms with Crippen LogP contribution in [0.3, 0.4) is 0 Å². The summed E-state index contributed by atoms with van der Waals surface area (Å²) < 4.78 is 0. The molecule has 1 saturated heterocycles. The maximum atomic E-state index is 11.9. The Morgan fingerprint density at radius 3 is 2.61 bits per heavy atom. The Labute approximate surface area is 185 Å². The molecule has 0 bridgehead atoms. The summed E-state index contributed by atoms with van der Waals surface area (Å²) in [5.41, 5.74) is 3.86. The van der Waals surface area contributed by atoms with E-state index in [0.29, 0.717) is 37.3 Å². The Kier molecular flexibility index (Phi) is 6.02. The molecule has 4 rings (SSSR count). The minimum Gasteiger partial charge on any atom is -0.396 e. The number of rotatable bonds is 5. The Morgan fingerprint density at radius 2 is 1.94 bits per heavy atom. The van der Waals surface area contributed by atoms with Crippen LogP contribution in [0.2, 0.25) is 5.02 Å². The fourth-order valence-electron chi connectivity index (χ4n) is 4.29. The van der Waals surface area contributed by atoms with Crippen molar-refractivity contribution in [2.24, 2.45) is 5.92 Å². The van der Waals surface area contributed by atoms with E-state index in [2.05, 4.69) is 5.32 Å². The van der Waals surface area contributed by atoms with E-state index < -0.39 is 4.92 Å². The molecular weight excluding hydrogens is 420 g/mol. The highest BCUT2D eigenvalue weighted by molar-refractivity contribution is 6.33. The van der Waals surface area contributed by atoms with Gasteiger partial charge in [0.05, 0.1) is 15.6 Å². The number of carbonyl (C=O) groups excluding carboxylic acids is 1. The number of halogens is 1. The van der Waals surface area contributed by atoms with E-state index in [1.807, 2.05) is 23.1 Å². The highest BCUT2D eigenvalue weighted by atomic mass is 35.5. The third-order valence-corrected chi connectivity index (χ3v) is 6.49. The molecular formula is C22H25ClN4O4. The largest absolute Gasteiger partial charge is 0.396 e. The van der Waals surface area contributed by atoms with Crippen LogP contribution in [0.25, 0.3) is 0 Å². The molecule has 2 N–H and O–H groups in total. The molecule has 1 fully saturated rings. The number of anilines is 4. The molecule has 164 valence electrons. The first-order valence-corrected chi connectivity index (χ1v) is 10.8. The number of hydrogen-bond donors (Lipinski definition) is 2. The lowest BCUT2D eigenvalue weighted by Crippen LogP contribution is -2.35. The van der Waals surface area contributed by atoms with Crippen LogP contribution in [0.5, 0.6) is 0 Å². The summed E-state index contributed by atoms with van der Waals surface area (Å²) in [6.07, 6.45) is 2.72. The summed E-state index contributed by atoms with van der Waals surface area (Å²) >= 11 is 6.39.